The zero-order chi connectivity index (χ0) is 27.2. The predicted molar refractivity (Wildman–Crippen MR) is 180 cm³/mol. The van der Waals surface area contributed by atoms with Crippen molar-refractivity contribution in [3.63, 3.8) is 0 Å². The van der Waals surface area contributed by atoms with Crippen LogP contribution >= 0.6 is 31.9 Å². The SMILES string of the molecule is CC(C)[Si]1c2cc(Br)c([Si](C(C)C)C(C)C)cc2[Si](C(C)C)c2cc([Si](C(C)C)C(C)C)c(Br)cc21. The molecule has 2 aromatic rings. The van der Waals surface area contributed by atoms with Crippen LogP contribution in [0.1, 0.15) is 83.1 Å². The highest BCUT2D eigenvalue weighted by Gasteiger charge is 2.40. The number of halogens is 2. The summed E-state index contributed by atoms with van der Waals surface area (Å²) in [5.41, 5.74) is 4.26. The molecule has 196 valence electrons. The summed E-state index contributed by atoms with van der Waals surface area (Å²) in [6.45, 7) is 29.5. The largest absolute Gasteiger partial charge is 0.123 e. The van der Waals surface area contributed by atoms with Gasteiger partial charge in [-0.1, -0.05) is 148 Å². The lowest BCUT2D eigenvalue weighted by Crippen LogP contribution is -2.71. The highest BCUT2D eigenvalue weighted by molar-refractivity contribution is 9.11. The van der Waals surface area contributed by atoms with Gasteiger partial charge in [0.15, 0.2) is 0 Å². The summed E-state index contributed by atoms with van der Waals surface area (Å²) in [4.78, 5) is 0. The first-order chi connectivity index (χ1) is 16.7. The fourth-order valence-electron chi connectivity index (χ4n) is 6.59. The fourth-order valence-corrected chi connectivity index (χ4v) is 23.2. The lowest BCUT2D eigenvalue weighted by atomic mass is 10.3. The third-order valence-electron chi connectivity index (χ3n) is 7.64. The molecule has 0 atom stereocenters. The Bertz CT molecular complexity index is 982. The van der Waals surface area contributed by atoms with Gasteiger partial charge in [-0.05, 0) is 55.8 Å². The van der Waals surface area contributed by atoms with E-state index in [1.807, 2.05) is 0 Å². The second kappa shape index (κ2) is 12.2. The number of rotatable bonds is 8. The van der Waals surface area contributed by atoms with Crippen LogP contribution in [0.5, 0.6) is 0 Å². The molecule has 0 N–H and O–H groups in total. The summed E-state index contributed by atoms with van der Waals surface area (Å²) in [5.74, 6) is 0. The van der Waals surface area contributed by atoms with Crippen LogP contribution in [-0.4, -0.2) is 35.2 Å². The van der Waals surface area contributed by atoms with Crippen LogP contribution in [0.4, 0.5) is 0 Å². The summed E-state index contributed by atoms with van der Waals surface area (Å²) in [6.07, 6.45) is 0. The molecule has 0 saturated carbocycles. The van der Waals surface area contributed by atoms with Crippen molar-refractivity contribution in [2.45, 2.75) is 116 Å². The van der Waals surface area contributed by atoms with Crippen molar-refractivity contribution in [2.75, 3.05) is 0 Å². The van der Waals surface area contributed by atoms with Crippen molar-refractivity contribution >= 4 is 98.2 Å². The third kappa shape index (κ3) is 5.89. The van der Waals surface area contributed by atoms with E-state index in [1.54, 1.807) is 31.1 Å². The van der Waals surface area contributed by atoms with Gasteiger partial charge in [-0.25, -0.2) is 0 Å². The molecule has 3 rings (SSSR count). The van der Waals surface area contributed by atoms with Gasteiger partial charge in [0, 0.05) is 8.95 Å². The van der Waals surface area contributed by atoms with Crippen LogP contribution < -0.4 is 31.1 Å². The molecule has 1 aliphatic rings. The van der Waals surface area contributed by atoms with Crippen LogP contribution in [0.3, 0.4) is 0 Å². The molecule has 2 aromatic carbocycles. The highest BCUT2D eigenvalue weighted by atomic mass is 79.9. The minimum absolute atomic E-state index is 0.653. The lowest BCUT2D eigenvalue weighted by molar-refractivity contribution is 0.951. The fraction of sp³-hybridized carbons (Fsp3) is 0.600. The van der Waals surface area contributed by atoms with Gasteiger partial charge in [-0.15, -0.1) is 0 Å². The van der Waals surface area contributed by atoms with Gasteiger partial charge in [0.1, 0.15) is 17.6 Å². The molecule has 0 bridgehead atoms. The second-order valence-electron chi connectivity index (χ2n) is 12.4. The van der Waals surface area contributed by atoms with Crippen LogP contribution in [0.15, 0.2) is 33.2 Å². The second-order valence-corrected chi connectivity index (χ2v) is 27.8. The average Bonchev–Trinajstić information content (AvgIpc) is 2.72. The highest BCUT2D eigenvalue weighted by Crippen LogP contribution is 2.26. The Kier molecular flexibility index (Phi) is 10.4. The molecule has 0 aromatic heterocycles. The number of hydrogen-bond acceptors (Lipinski definition) is 0. The molecular weight excluding hydrogens is 632 g/mol. The molecule has 0 saturated heterocycles. The van der Waals surface area contributed by atoms with E-state index in [0.717, 1.165) is 22.2 Å². The normalized spacial score (nSPS) is 15.1. The topological polar surface area (TPSA) is 0 Å². The van der Waals surface area contributed by atoms with E-state index in [9.17, 15) is 0 Å². The monoisotopic (exact) mass is 676 g/mol. The lowest BCUT2D eigenvalue weighted by Gasteiger charge is -2.39. The Morgan fingerprint density at radius 3 is 0.944 bits per heavy atom. The van der Waals surface area contributed by atoms with Crippen molar-refractivity contribution in [2.24, 2.45) is 0 Å². The number of benzene rings is 2. The van der Waals surface area contributed by atoms with E-state index in [4.69, 9.17) is 0 Å². The van der Waals surface area contributed by atoms with Gasteiger partial charge in [-0.2, -0.15) is 0 Å². The van der Waals surface area contributed by atoms with Crippen molar-refractivity contribution in [3.05, 3.63) is 33.2 Å². The first-order valence-corrected chi connectivity index (χ1v) is 21.9. The molecule has 0 unspecified atom stereocenters. The molecule has 0 nitrogen and oxygen atoms in total. The maximum Gasteiger partial charge on any atom is 0.123 e. The van der Waals surface area contributed by atoms with E-state index in [2.05, 4.69) is 139 Å². The van der Waals surface area contributed by atoms with Crippen LogP contribution in [0.25, 0.3) is 0 Å². The van der Waals surface area contributed by atoms with Crippen molar-refractivity contribution in [3.8, 4) is 0 Å². The number of fused-ring (bicyclic) bond motifs is 2. The van der Waals surface area contributed by atoms with Gasteiger partial charge < -0.3 is 0 Å². The third-order valence-corrected chi connectivity index (χ3v) is 23.5. The van der Waals surface area contributed by atoms with Gasteiger partial charge in [0.25, 0.3) is 0 Å². The summed E-state index contributed by atoms with van der Waals surface area (Å²) < 4.78 is 2.77. The molecular formula is C30H46Br2Si4. The Morgan fingerprint density at radius 2 is 0.722 bits per heavy atom. The molecule has 1 aliphatic heterocycles. The maximum absolute atomic E-state index is 4.11. The van der Waals surface area contributed by atoms with Crippen molar-refractivity contribution in [1.82, 2.24) is 0 Å². The smallest absolute Gasteiger partial charge is 0.0650 e. The molecule has 0 amide bonds. The van der Waals surface area contributed by atoms with E-state index in [1.165, 1.54) is 8.95 Å². The zero-order valence-corrected chi connectivity index (χ0v) is 31.7. The van der Waals surface area contributed by atoms with Crippen molar-refractivity contribution < 1.29 is 0 Å². The minimum atomic E-state index is -0.872. The van der Waals surface area contributed by atoms with E-state index in [-0.39, 0.29) is 0 Å². The molecule has 4 radical (unpaired) electrons. The number of hydrogen-bond donors (Lipinski definition) is 0. The van der Waals surface area contributed by atoms with E-state index in [0.29, 0.717) is 11.1 Å². The summed E-state index contributed by atoms with van der Waals surface area (Å²) in [7, 11) is -3.04. The average molecular weight is 679 g/mol. The van der Waals surface area contributed by atoms with E-state index < -0.39 is 35.2 Å². The standard InChI is InChI=1S/C30H46Br2Si4/c1-17(2)33(18(3)4)25-15-29-27(13-23(25)31)35(21(9)10)28-14-24(32)26(34(19(5)6)20(7)8)16-30(28)36(29)22(11)12/h13-22H,1-12H3. The van der Waals surface area contributed by atoms with Crippen LogP contribution in [0.2, 0.25) is 33.2 Å². The first-order valence-electron chi connectivity index (χ1n) is 13.8. The first kappa shape index (κ1) is 30.8. The quantitative estimate of drug-likeness (QED) is 0.276. The van der Waals surface area contributed by atoms with Crippen molar-refractivity contribution in [1.29, 1.82) is 0 Å². The summed E-state index contributed by atoms with van der Waals surface area (Å²) in [6, 6.07) is 10.7. The Labute approximate surface area is 246 Å². The molecule has 0 spiro atoms. The Hall–Kier alpha value is 0.268. The molecule has 1 heterocycles. The van der Waals surface area contributed by atoms with Gasteiger partial charge >= 0.3 is 0 Å². The summed E-state index contributed by atoms with van der Waals surface area (Å²) in [5, 5.41) is 10.2. The van der Waals surface area contributed by atoms with Crippen LogP contribution in [0, 0.1) is 0 Å². The predicted octanol–water partition coefficient (Wildman–Crippen LogP) is 6.61. The maximum atomic E-state index is 4.11. The molecule has 6 heteroatoms. The van der Waals surface area contributed by atoms with Crippen LogP contribution in [-0.2, 0) is 0 Å². The molecule has 36 heavy (non-hydrogen) atoms. The van der Waals surface area contributed by atoms with Gasteiger partial charge in [0.05, 0.1) is 17.6 Å². The zero-order valence-electron chi connectivity index (χ0n) is 24.5. The molecule has 0 fully saturated rings. The minimum Gasteiger partial charge on any atom is -0.0650 e. The Balaban J connectivity index is 2.36. The van der Waals surface area contributed by atoms with Gasteiger partial charge in [0.2, 0.25) is 0 Å². The van der Waals surface area contributed by atoms with E-state index >= 15 is 0 Å². The molecule has 0 aliphatic carbocycles. The van der Waals surface area contributed by atoms with Gasteiger partial charge in [-0.3, -0.25) is 0 Å². The Morgan fingerprint density at radius 1 is 0.472 bits per heavy atom. The summed E-state index contributed by atoms with van der Waals surface area (Å²) >= 11 is 8.22.